The maximum atomic E-state index is 12.5. The Morgan fingerprint density at radius 3 is 2.75 bits per heavy atom. The molecule has 0 fully saturated rings. The van der Waals surface area contributed by atoms with E-state index in [1.165, 1.54) is 22.1 Å². The average Bonchev–Trinajstić information content (AvgIpc) is 3.44. The summed E-state index contributed by atoms with van der Waals surface area (Å²) in [4.78, 5) is 29.5. The van der Waals surface area contributed by atoms with Crippen LogP contribution in [-0.4, -0.2) is 41.6 Å². The zero-order valence-corrected chi connectivity index (χ0v) is 15.8. The van der Waals surface area contributed by atoms with Crippen LogP contribution < -0.4 is 10.9 Å². The van der Waals surface area contributed by atoms with Crippen LogP contribution in [0.25, 0.3) is 10.9 Å². The summed E-state index contributed by atoms with van der Waals surface area (Å²) in [5.41, 5.74) is 0.427. The molecule has 0 aromatic carbocycles. The Kier molecular flexibility index (Phi) is 4.85. The van der Waals surface area contributed by atoms with Crippen LogP contribution in [0.15, 0.2) is 59.9 Å². The maximum Gasteiger partial charge on any atom is 0.266 e. The molecule has 1 N–H and O–H groups in total. The highest BCUT2D eigenvalue weighted by atomic mass is 32.1. The second-order valence-electron chi connectivity index (χ2n) is 5.96. The Hall–Kier alpha value is -3.53. The van der Waals surface area contributed by atoms with Gasteiger partial charge >= 0.3 is 0 Å². The molecular weight excluding hydrogens is 378 g/mol. The minimum absolute atomic E-state index is 0.218. The third-order valence-corrected chi connectivity index (χ3v) is 5.19. The van der Waals surface area contributed by atoms with Crippen molar-refractivity contribution in [2.45, 2.75) is 13.5 Å². The number of aryl methyl sites for hydroxylation is 1. The first-order valence-electron chi connectivity index (χ1n) is 8.59. The molecule has 142 valence electrons. The Morgan fingerprint density at radius 2 is 2.00 bits per heavy atom. The highest BCUT2D eigenvalue weighted by molar-refractivity contribution is 7.16. The van der Waals surface area contributed by atoms with E-state index in [0.717, 1.165) is 5.13 Å². The SMILES string of the molecule is Cc1nc(-n2cccc2)sc1C(=O)NCCn1nc(-n2cccn2)ccc1=O. The van der Waals surface area contributed by atoms with Gasteiger partial charge in [-0.1, -0.05) is 11.3 Å². The summed E-state index contributed by atoms with van der Waals surface area (Å²) in [6.07, 6.45) is 7.14. The standard InChI is InChI=1S/C18H17N7O2S/c1-13-16(28-18(21-13)23-9-2-3-10-23)17(27)19-8-12-25-15(26)6-5-14(22-25)24-11-4-7-20-24/h2-7,9-11H,8,12H2,1H3,(H,19,27). The minimum atomic E-state index is -0.242. The zero-order valence-electron chi connectivity index (χ0n) is 15.0. The summed E-state index contributed by atoms with van der Waals surface area (Å²) in [5, 5.41) is 11.9. The monoisotopic (exact) mass is 395 g/mol. The molecule has 9 nitrogen and oxygen atoms in total. The number of rotatable bonds is 6. The van der Waals surface area contributed by atoms with Crippen molar-refractivity contribution in [3.63, 3.8) is 0 Å². The van der Waals surface area contributed by atoms with E-state index in [9.17, 15) is 9.59 Å². The number of carbonyl (C=O) groups is 1. The van der Waals surface area contributed by atoms with Crippen molar-refractivity contribution < 1.29 is 4.79 Å². The second-order valence-corrected chi connectivity index (χ2v) is 6.94. The van der Waals surface area contributed by atoms with Crippen molar-refractivity contribution in [3.8, 4) is 10.9 Å². The Morgan fingerprint density at radius 1 is 1.18 bits per heavy atom. The highest BCUT2D eigenvalue weighted by Crippen LogP contribution is 2.21. The number of hydrogen-bond donors (Lipinski definition) is 1. The van der Waals surface area contributed by atoms with Gasteiger partial charge in [0.05, 0.1) is 12.2 Å². The van der Waals surface area contributed by atoms with Crippen LogP contribution in [0, 0.1) is 6.92 Å². The zero-order chi connectivity index (χ0) is 19.5. The molecule has 0 unspecified atom stereocenters. The molecule has 0 aliphatic rings. The Labute approximate surface area is 163 Å². The largest absolute Gasteiger partial charge is 0.349 e. The third-order valence-electron chi connectivity index (χ3n) is 4.02. The van der Waals surface area contributed by atoms with E-state index < -0.39 is 0 Å². The predicted molar refractivity (Wildman–Crippen MR) is 104 cm³/mol. The molecule has 10 heteroatoms. The maximum absolute atomic E-state index is 12.5. The summed E-state index contributed by atoms with van der Waals surface area (Å²) in [6, 6.07) is 8.62. The van der Waals surface area contributed by atoms with Crippen LogP contribution in [-0.2, 0) is 6.54 Å². The second kappa shape index (κ2) is 7.61. The van der Waals surface area contributed by atoms with Crippen LogP contribution in [0.1, 0.15) is 15.4 Å². The number of hydrogen-bond acceptors (Lipinski definition) is 6. The van der Waals surface area contributed by atoms with Crippen LogP contribution in [0.5, 0.6) is 0 Å². The van der Waals surface area contributed by atoms with E-state index in [1.807, 2.05) is 29.1 Å². The quantitative estimate of drug-likeness (QED) is 0.532. The van der Waals surface area contributed by atoms with Crippen molar-refractivity contribution in [1.29, 1.82) is 0 Å². The number of thiazole rings is 1. The van der Waals surface area contributed by atoms with Crippen LogP contribution >= 0.6 is 11.3 Å². The lowest BCUT2D eigenvalue weighted by Gasteiger charge is -2.08. The van der Waals surface area contributed by atoms with Gasteiger partial charge in [0.25, 0.3) is 11.5 Å². The first-order valence-corrected chi connectivity index (χ1v) is 9.40. The molecule has 0 aliphatic heterocycles. The van der Waals surface area contributed by atoms with E-state index in [1.54, 1.807) is 36.1 Å². The van der Waals surface area contributed by atoms with Crippen LogP contribution in [0.2, 0.25) is 0 Å². The summed E-state index contributed by atoms with van der Waals surface area (Å²) in [6.45, 7) is 2.32. The van der Waals surface area contributed by atoms with Gasteiger partial charge in [-0.25, -0.2) is 14.3 Å². The fourth-order valence-electron chi connectivity index (χ4n) is 2.65. The fraction of sp³-hybridized carbons (Fsp3) is 0.167. The van der Waals surface area contributed by atoms with Crippen molar-refractivity contribution in [3.05, 3.63) is 76.0 Å². The first kappa shape index (κ1) is 17.9. The Balaban J connectivity index is 1.42. The molecule has 0 radical (unpaired) electrons. The van der Waals surface area contributed by atoms with E-state index >= 15 is 0 Å². The van der Waals surface area contributed by atoms with Crippen molar-refractivity contribution in [2.75, 3.05) is 6.54 Å². The molecule has 0 saturated carbocycles. The van der Waals surface area contributed by atoms with Gasteiger partial charge < -0.3 is 9.88 Å². The lowest BCUT2D eigenvalue weighted by molar-refractivity contribution is 0.0955. The molecule has 1 amide bonds. The summed E-state index contributed by atoms with van der Waals surface area (Å²) in [5.74, 6) is 0.315. The minimum Gasteiger partial charge on any atom is -0.349 e. The molecule has 0 bridgehead atoms. The van der Waals surface area contributed by atoms with Gasteiger partial charge in [-0.3, -0.25) is 9.59 Å². The third kappa shape index (κ3) is 3.62. The van der Waals surface area contributed by atoms with Gasteiger partial charge in [0, 0.05) is 37.4 Å². The van der Waals surface area contributed by atoms with Gasteiger partial charge in [-0.2, -0.15) is 5.10 Å². The van der Waals surface area contributed by atoms with Crippen molar-refractivity contribution >= 4 is 17.2 Å². The number of aromatic nitrogens is 6. The lowest BCUT2D eigenvalue weighted by atomic mass is 10.4. The number of nitrogens with zero attached hydrogens (tertiary/aromatic N) is 6. The molecule has 0 spiro atoms. The molecule has 28 heavy (non-hydrogen) atoms. The smallest absolute Gasteiger partial charge is 0.266 e. The van der Waals surface area contributed by atoms with E-state index in [2.05, 4.69) is 20.5 Å². The topological polar surface area (TPSA) is 99.6 Å². The molecule has 0 aliphatic carbocycles. The van der Waals surface area contributed by atoms with Gasteiger partial charge in [-0.05, 0) is 31.2 Å². The molecule has 4 rings (SSSR count). The summed E-state index contributed by atoms with van der Waals surface area (Å²) < 4.78 is 4.73. The number of amides is 1. The van der Waals surface area contributed by atoms with Gasteiger partial charge in [0.1, 0.15) is 4.88 Å². The van der Waals surface area contributed by atoms with E-state index in [-0.39, 0.29) is 24.6 Å². The molecule has 0 atom stereocenters. The highest BCUT2D eigenvalue weighted by Gasteiger charge is 2.15. The van der Waals surface area contributed by atoms with Crippen molar-refractivity contribution in [1.82, 2.24) is 34.4 Å². The summed E-state index contributed by atoms with van der Waals surface area (Å²) >= 11 is 1.32. The molecule has 0 saturated heterocycles. The number of carbonyl (C=O) groups excluding carboxylic acids is 1. The normalized spacial score (nSPS) is 10.9. The Bertz CT molecular complexity index is 1140. The average molecular weight is 395 g/mol. The molecule has 4 aromatic rings. The molecular formula is C18H17N7O2S. The van der Waals surface area contributed by atoms with Gasteiger partial charge in [0.2, 0.25) is 0 Å². The van der Waals surface area contributed by atoms with Gasteiger partial charge in [0.15, 0.2) is 10.9 Å². The number of nitrogens with one attached hydrogen (secondary N) is 1. The van der Waals surface area contributed by atoms with Crippen LogP contribution in [0.4, 0.5) is 0 Å². The van der Waals surface area contributed by atoms with Crippen LogP contribution in [0.3, 0.4) is 0 Å². The van der Waals surface area contributed by atoms with E-state index in [4.69, 9.17) is 0 Å². The lowest BCUT2D eigenvalue weighted by Crippen LogP contribution is -2.32. The first-order chi connectivity index (χ1) is 13.6. The molecule has 4 heterocycles. The van der Waals surface area contributed by atoms with Crippen molar-refractivity contribution in [2.24, 2.45) is 0 Å². The van der Waals surface area contributed by atoms with E-state index in [0.29, 0.717) is 16.4 Å². The molecule has 4 aromatic heterocycles. The van der Waals surface area contributed by atoms with Gasteiger partial charge in [-0.15, -0.1) is 5.10 Å². The predicted octanol–water partition coefficient (Wildman–Crippen LogP) is 1.41. The summed E-state index contributed by atoms with van der Waals surface area (Å²) in [7, 11) is 0. The fourth-order valence-corrected chi connectivity index (χ4v) is 3.60.